The Hall–Kier alpha value is -3.35. The van der Waals surface area contributed by atoms with E-state index in [1.807, 2.05) is 66.9 Å². The monoisotopic (exact) mass is 460 g/mol. The summed E-state index contributed by atoms with van der Waals surface area (Å²) in [6.45, 7) is 4.97. The molecule has 1 atom stereocenters. The second-order valence-corrected chi connectivity index (χ2v) is 9.52. The standard InChI is InChI=1S/C27H32N4O3/c1-3-34-23-16-10-7-11-19(23)17-31-25(32)24-29-21-14-8-9-15-22(21)30(24)18-27(31,2)26(33)28-20-12-5-4-6-13-20/h7-11,14-16,20H,3-6,12-13,17-18H2,1-2H3,(H,28,33)/t27-/m1/s1. The number of hydrogen-bond donors (Lipinski definition) is 1. The number of ether oxygens (including phenoxy) is 1. The number of aromatic nitrogens is 2. The smallest absolute Gasteiger partial charge is 0.291 e. The number of carbonyl (C=O) groups excluding carboxylic acids is 2. The summed E-state index contributed by atoms with van der Waals surface area (Å²) in [6.07, 6.45) is 5.45. The van der Waals surface area contributed by atoms with E-state index in [1.54, 1.807) is 4.90 Å². The molecule has 2 aliphatic rings. The predicted molar refractivity (Wildman–Crippen MR) is 131 cm³/mol. The highest BCUT2D eigenvalue weighted by atomic mass is 16.5. The van der Waals surface area contributed by atoms with Gasteiger partial charge >= 0.3 is 0 Å². The summed E-state index contributed by atoms with van der Waals surface area (Å²) in [7, 11) is 0. The Labute approximate surface area is 200 Å². The maximum absolute atomic E-state index is 13.9. The molecule has 1 saturated carbocycles. The zero-order valence-corrected chi connectivity index (χ0v) is 19.9. The van der Waals surface area contributed by atoms with Gasteiger partial charge in [0.2, 0.25) is 5.91 Å². The van der Waals surface area contributed by atoms with Gasteiger partial charge in [-0.05, 0) is 44.9 Å². The molecule has 1 aliphatic heterocycles. The molecule has 5 rings (SSSR count). The van der Waals surface area contributed by atoms with Gasteiger partial charge in [0.1, 0.15) is 11.3 Å². The third kappa shape index (κ3) is 3.93. The minimum atomic E-state index is -1.07. The maximum Gasteiger partial charge on any atom is 0.291 e. The summed E-state index contributed by atoms with van der Waals surface area (Å²) in [6, 6.07) is 15.6. The molecule has 7 nitrogen and oxygen atoms in total. The molecule has 1 aliphatic carbocycles. The van der Waals surface area contributed by atoms with Crippen LogP contribution in [0, 0.1) is 0 Å². The summed E-state index contributed by atoms with van der Waals surface area (Å²) in [5, 5.41) is 3.28. The largest absolute Gasteiger partial charge is 0.494 e. The van der Waals surface area contributed by atoms with Gasteiger partial charge in [-0.25, -0.2) is 4.98 Å². The van der Waals surface area contributed by atoms with Crippen molar-refractivity contribution in [2.24, 2.45) is 0 Å². The van der Waals surface area contributed by atoms with Crippen molar-refractivity contribution in [1.82, 2.24) is 19.8 Å². The predicted octanol–water partition coefficient (Wildman–Crippen LogP) is 4.30. The number of fused-ring (bicyclic) bond motifs is 3. The minimum absolute atomic E-state index is 0.106. The lowest BCUT2D eigenvalue weighted by atomic mass is 9.91. The van der Waals surface area contributed by atoms with Gasteiger partial charge in [0.05, 0.1) is 30.7 Å². The first-order valence-electron chi connectivity index (χ1n) is 12.3. The molecule has 1 aromatic heterocycles. The number of carbonyl (C=O) groups is 2. The van der Waals surface area contributed by atoms with Crippen LogP contribution in [0.15, 0.2) is 48.5 Å². The fourth-order valence-electron chi connectivity index (χ4n) is 5.27. The van der Waals surface area contributed by atoms with Crippen molar-refractivity contribution in [2.45, 2.75) is 70.6 Å². The summed E-state index contributed by atoms with van der Waals surface area (Å²) in [5.41, 5.74) is 1.44. The quantitative estimate of drug-likeness (QED) is 0.595. The number of rotatable bonds is 6. The first-order valence-corrected chi connectivity index (χ1v) is 12.3. The van der Waals surface area contributed by atoms with Crippen LogP contribution in [-0.2, 0) is 17.9 Å². The normalized spacial score (nSPS) is 20.9. The van der Waals surface area contributed by atoms with Gasteiger partial charge in [-0.1, -0.05) is 49.6 Å². The molecule has 34 heavy (non-hydrogen) atoms. The Morgan fingerprint density at radius 3 is 2.65 bits per heavy atom. The molecule has 2 heterocycles. The second-order valence-electron chi connectivity index (χ2n) is 9.52. The van der Waals surface area contributed by atoms with Crippen molar-refractivity contribution >= 4 is 22.8 Å². The number of imidazole rings is 1. The summed E-state index contributed by atoms with van der Waals surface area (Å²) < 4.78 is 7.73. The zero-order chi connectivity index (χ0) is 23.7. The number of hydrogen-bond acceptors (Lipinski definition) is 4. The van der Waals surface area contributed by atoms with E-state index < -0.39 is 5.54 Å². The topological polar surface area (TPSA) is 76.5 Å². The van der Waals surface area contributed by atoms with Gasteiger partial charge in [0.25, 0.3) is 5.91 Å². The zero-order valence-electron chi connectivity index (χ0n) is 19.9. The highest BCUT2D eigenvalue weighted by Gasteiger charge is 2.49. The molecule has 178 valence electrons. The fourth-order valence-corrected chi connectivity index (χ4v) is 5.27. The summed E-state index contributed by atoms with van der Waals surface area (Å²) >= 11 is 0. The van der Waals surface area contributed by atoms with Crippen LogP contribution in [0.4, 0.5) is 0 Å². The Balaban J connectivity index is 1.55. The molecule has 1 fully saturated rings. The van der Waals surface area contributed by atoms with E-state index in [0.717, 1.165) is 48.0 Å². The molecular weight excluding hydrogens is 428 g/mol. The molecule has 2 amide bonds. The van der Waals surface area contributed by atoms with Crippen molar-refractivity contribution < 1.29 is 14.3 Å². The lowest BCUT2D eigenvalue weighted by molar-refractivity contribution is -0.134. The second kappa shape index (κ2) is 9.12. The lowest BCUT2D eigenvalue weighted by Crippen LogP contribution is -2.64. The highest BCUT2D eigenvalue weighted by Crippen LogP contribution is 2.34. The van der Waals surface area contributed by atoms with Crippen LogP contribution >= 0.6 is 0 Å². The Bertz CT molecular complexity index is 1210. The van der Waals surface area contributed by atoms with Gasteiger partial charge in [0.15, 0.2) is 5.82 Å². The first kappa shape index (κ1) is 22.4. The van der Waals surface area contributed by atoms with Gasteiger partial charge < -0.3 is 19.5 Å². The molecule has 0 bridgehead atoms. The maximum atomic E-state index is 13.9. The van der Waals surface area contributed by atoms with Crippen LogP contribution in [0.3, 0.4) is 0 Å². The van der Waals surface area contributed by atoms with Crippen molar-refractivity contribution in [2.75, 3.05) is 6.61 Å². The number of nitrogens with zero attached hydrogens (tertiary/aromatic N) is 3. The van der Waals surface area contributed by atoms with E-state index >= 15 is 0 Å². The van der Waals surface area contributed by atoms with Crippen LogP contribution in [0.1, 0.15) is 62.1 Å². The SMILES string of the molecule is CCOc1ccccc1CN1C(=O)c2nc3ccccc3n2C[C@]1(C)C(=O)NC1CCCCC1. The third-order valence-electron chi connectivity index (χ3n) is 7.18. The fraction of sp³-hybridized carbons (Fsp3) is 0.444. The number of benzene rings is 2. The lowest BCUT2D eigenvalue weighted by Gasteiger charge is -2.44. The number of para-hydroxylation sites is 3. The number of amides is 2. The average molecular weight is 461 g/mol. The van der Waals surface area contributed by atoms with Crippen LogP contribution in [0.25, 0.3) is 11.0 Å². The van der Waals surface area contributed by atoms with Crippen molar-refractivity contribution in [3.63, 3.8) is 0 Å². The Kier molecular flexibility index (Phi) is 6.02. The highest BCUT2D eigenvalue weighted by molar-refractivity contribution is 6.01. The minimum Gasteiger partial charge on any atom is -0.494 e. The summed E-state index contributed by atoms with van der Waals surface area (Å²) in [5.74, 6) is 0.755. The van der Waals surface area contributed by atoms with Crippen molar-refractivity contribution in [3.05, 3.63) is 59.9 Å². The molecule has 1 N–H and O–H groups in total. The molecular formula is C27H32N4O3. The number of nitrogens with one attached hydrogen (secondary N) is 1. The van der Waals surface area contributed by atoms with Gasteiger partial charge in [-0.15, -0.1) is 0 Å². The molecule has 3 aromatic rings. The Morgan fingerprint density at radius 1 is 1.12 bits per heavy atom. The van der Waals surface area contributed by atoms with Gasteiger partial charge in [-0.2, -0.15) is 0 Å². The third-order valence-corrected chi connectivity index (χ3v) is 7.18. The van der Waals surface area contributed by atoms with Crippen LogP contribution in [0.2, 0.25) is 0 Å². The summed E-state index contributed by atoms with van der Waals surface area (Å²) in [4.78, 5) is 34.1. The molecule has 0 radical (unpaired) electrons. The molecule has 0 spiro atoms. The van der Waals surface area contributed by atoms with E-state index in [4.69, 9.17) is 4.74 Å². The van der Waals surface area contributed by atoms with Gasteiger partial charge in [-0.3, -0.25) is 9.59 Å². The van der Waals surface area contributed by atoms with E-state index in [1.165, 1.54) is 6.42 Å². The van der Waals surface area contributed by atoms with Crippen LogP contribution < -0.4 is 10.1 Å². The van der Waals surface area contributed by atoms with Crippen LogP contribution in [-0.4, -0.2) is 44.5 Å². The molecule has 0 saturated heterocycles. The van der Waals surface area contributed by atoms with E-state index in [9.17, 15) is 9.59 Å². The molecule has 7 heteroatoms. The average Bonchev–Trinajstić information content (AvgIpc) is 3.22. The Morgan fingerprint density at radius 2 is 1.85 bits per heavy atom. The van der Waals surface area contributed by atoms with Crippen molar-refractivity contribution in [1.29, 1.82) is 0 Å². The van der Waals surface area contributed by atoms with E-state index in [-0.39, 0.29) is 24.4 Å². The van der Waals surface area contributed by atoms with Crippen LogP contribution in [0.5, 0.6) is 5.75 Å². The van der Waals surface area contributed by atoms with E-state index in [0.29, 0.717) is 19.0 Å². The van der Waals surface area contributed by atoms with Crippen molar-refractivity contribution in [3.8, 4) is 5.75 Å². The first-order chi connectivity index (χ1) is 16.5. The van der Waals surface area contributed by atoms with E-state index in [2.05, 4.69) is 10.3 Å². The molecule has 0 unspecified atom stereocenters. The molecule has 2 aromatic carbocycles. The van der Waals surface area contributed by atoms with Gasteiger partial charge in [0, 0.05) is 11.6 Å².